The van der Waals surface area contributed by atoms with Crippen molar-refractivity contribution in [2.45, 2.75) is 0 Å². The molecule has 0 spiro atoms. The number of carbonyl (C=O) groups is 3. The number of methoxy groups -OCH3 is 1. The fourth-order valence-electron chi connectivity index (χ4n) is 2.77. The van der Waals surface area contributed by atoms with E-state index in [9.17, 15) is 14.4 Å². The van der Waals surface area contributed by atoms with Crippen molar-refractivity contribution in [2.75, 3.05) is 25.6 Å². The molecule has 3 aromatic carbocycles. The topological polar surface area (TPSA) is 93.7 Å². The number of ether oxygens (including phenoxy) is 2. The Bertz CT molecular complexity index is 1030. The summed E-state index contributed by atoms with van der Waals surface area (Å²) >= 11 is 0. The van der Waals surface area contributed by atoms with Gasteiger partial charge in [0.05, 0.1) is 7.11 Å². The minimum Gasteiger partial charge on any atom is -0.497 e. The highest BCUT2D eigenvalue weighted by Crippen LogP contribution is 2.20. The summed E-state index contributed by atoms with van der Waals surface area (Å²) in [4.78, 5) is 35.8. The summed E-state index contributed by atoms with van der Waals surface area (Å²) in [7, 11) is 1.53. The standard InChI is InChI=1S/C24H22N2O5/c1-30-21-13-9-19(10-14-21)24(29)25-15-23(28)31-16-22(27)26-20-11-7-18(8-12-20)17-5-3-2-4-6-17/h2-14H,15-16H2,1H3,(H,25,29)(H,26,27). The first-order valence-electron chi connectivity index (χ1n) is 9.58. The van der Waals surface area contributed by atoms with Crippen LogP contribution in [0.3, 0.4) is 0 Å². The molecule has 7 nitrogen and oxygen atoms in total. The zero-order valence-corrected chi connectivity index (χ0v) is 17.0. The zero-order chi connectivity index (χ0) is 22.1. The van der Waals surface area contributed by atoms with Crippen molar-refractivity contribution in [1.82, 2.24) is 5.32 Å². The molecule has 3 aromatic rings. The number of amides is 2. The summed E-state index contributed by atoms with van der Waals surface area (Å²) < 4.78 is 9.93. The molecule has 0 atom stereocenters. The molecule has 3 rings (SSSR count). The molecule has 0 bridgehead atoms. The second kappa shape index (κ2) is 10.6. The fourth-order valence-corrected chi connectivity index (χ4v) is 2.77. The number of hydrogen-bond acceptors (Lipinski definition) is 5. The smallest absolute Gasteiger partial charge is 0.325 e. The van der Waals surface area contributed by atoms with Crippen LogP contribution in [0, 0.1) is 0 Å². The maximum absolute atomic E-state index is 12.0. The minimum atomic E-state index is -0.712. The summed E-state index contributed by atoms with van der Waals surface area (Å²) in [5.41, 5.74) is 3.07. The van der Waals surface area contributed by atoms with Gasteiger partial charge in [-0.15, -0.1) is 0 Å². The zero-order valence-electron chi connectivity index (χ0n) is 17.0. The first-order chi connectivity index (χ1) is 15.0. The van der Waals surface area contributed by atoms with E-state index in [0.29, 0.717) is 17.0 Å². The first kappa shape index (κ1) is 21.6. The van der Waals surface area contributed by atoms with Crippen molar-refractivity contribution in [3.05, 3.63) is 84.4 Å². The van der Waals surface area contributed by atoms with Gasteiger partial charge in [0, 0.05) is 11.3 Å². The minimum absolute atomic E-state index is 0.343. The molecule has 0 radical (unpaired) electrons. The van der Waals surface area contributed by atoms with Crippen LogP contribution < -0.4 is 15.4 Å². The highest BCUT2D eigenvalue weighted by molar-refractivity contribution is 5.96. The number of benzene rings is 3. The van der Waals surface area contributed by atoms with Crippen LogP contribution in [0.25, 0.3) is 11.1 Å². The second-order valence-electron chi connectivity index (χ2n) is 6.56. The molecule has 31 heavy (non-hydrogen) atoms. The molecule has 158 valence electrons. The molecule has 0 heterocycles. The lowest BCUT2D eigenvalue weighted by molar-refractivity contribution is -0.146. The normalized spacial score (nSPS) is 10.1. The van der Waals surface area contributed by atoms with Crippen molar-refractivity contribution in [2.24, 2.45) is 0 Å². The van der Waals surface area contributed by atoms with Crippen molar-refractivity contribution in [3.8, 4) is 16.9 Å². The predicted octanol–water partition coefficient (Wildman–Crippen LogP) is 3.27. The highest BCUT2D eigenvalue weighted by atomic mass is 16.5. The number of rotatable bonds is 8. The third-order valence-electron chi connectivity index (χ3n) is 4.39. The molecule has 7 heteroatoms. The Labute approximate surface area is 180 Å². The van der Waals surface area contributed by atoms with Crippen LogP contribution in [0.1, 0.15) is 10.4 Å². The predicted molar refractivity (Wildman–Crippen MR) is 117 cm³/mol. The van der Waals surface area contributed by atoms with Crippen molar-refractivity contribution in [1.29, 1.82) is 0 Å². The van der Waals surface area contributed by atoms with E-state index in [2.05, 4.69) is 10.6 Å². The van der Waals surface area contributed by atoms with Gasteiger partial charge in [0.15, 0.2) is 6.61 Å². The molecule has 0 saturated heterocycles. The quantitative estimate of drug-likeness (QED) is 0.548. The van der Waals surface area contributed by atoms with Crippen LogP contribution in [0.5, 0.6) is 5.75 Å². The molecule has 0 aliphatic heterocycles. The van der Waals surface area contributed by atoms with E-state index in [1.165, 1.54) is 7.11 Å². The summed E-state index contributed by atoms with van der Waals surface area (Å²) in [6.45, 7) is -0.790. The van der Waals surface area contributed by atoms with Gasteiger partial charge in [0.25, 0.3) is 11.8 Å². The number of hydrogen-bond donors (Lipinski definition) is 2. The summed E-state index contributed by atoms with van der Waals surface area (Å²) in [5, 5.41) is 5.11. The molecular weight excluding hydrogens is 396 g/mol. The van der Waals surface area contributed by atoms with Crippen LogP contribution in [0.4, 0.5) is 5.69 Å². The summed E-state index contributed by atoms with van der Waals surface area (Å²) in [6.07, 6.45) is 0. The van der Waals surface area contributed by atoms with Crippen LogP contribution in [-0.2, 0) is 14.3 Å². The van der Waals surface area contributed by atoms with E-state index in [-0.39, 0.29) is 6.54 Å². The lowest BCUT2D eigenvalue weighted by Crippen LogP contribution is -2.32. The van der Waals surface area contributed by atoms with Gasteiger partial charge >= 0.3 is 5.97 Å². The van der Waals surface area contributed by atoms with Gasteiger partial charge in [0.2, 0.25) is 0 Å². The van der Waals surface area contributed by atoms with Crippen LogP contribution in [-0.4, -0.2) is 38.0 Å². The van der Waals surface area contributed by atoms with E-state index >= 15 is 0 Å². The Morgan fingerprint density at radius 2 is 1.45 bits per heavy atom. The van der Waals surface area contributed by atoms with Gasteiger partial charge in [-0.25, -0.2) is 0 Å². The van der Waals surface area contributed by atoms with Crippen molar-refractivity contribution in [3.63, 3.8) is 0 Å². The Kier molecular flexibility index (Phi) is 7.37. The van der Waals surface area contributed by atoms with E-state index in [4.69, 9.17) is 9.47 Å². The Balaban J connectivity index is 1.40. The van der Waals surface area contributed by atoms with E-state index in [1.54, 1.807) is 36.4 Å². The molecule has 2 N–H and O–H groups in total. The van der Waals surface area contributed by atoms with Gasteiger partial charge < -0.3 is 20.1 Å². The Hall–Kier alpha value is -4.13. The van der Waals surface area contributed by atoms with E-state index < -0.39 is 24.4 Å². The average Bonchev–Trinajstić information content (AvgIpc) is 2.82. The molecule has 0 fully saturated rings. The highest BCUT2D eigenvalue weighted by Gasteiger charge is 2.11. The average molecular weight is 418 g/mol. The molecular formula is C24H22N2O5. The third kappa shape index (κ3) is 6.43. The van der Waals surface area contributed by atoms with Crippen LogP contribution in [0.15, 0.2) is 78.9 Å². The lowest BCUT2D eigenvalue weighted by Gasteiger charge is -2.09. The Morgan fingerprint density at radius 1 is 0.806 bits per heavy atom. The second-order valence-corrected chi connectivity index (χ2v) is 6.56. The lowest BCUT2D eigenvalue weighted by atomic mass is 10.1. The number of carbonyl (C=O) groups excluding carboxylic acids is 3. The Morgan fingerprint density at radius 3 is 2.10 bits per heavy atom. The van der Waals surface area contributed by atoms with E-state index in [0.717, 1.165) is 11.1 Å². The van der Waals surface area contributed by atoms with Gasteiger partial charge in [0.1, 0.15) is 12.3 Å². The monoisotopic (exact) mass is 418 g/mol. The van der Waals surface area contributed by atoms with E-state index in [1.807, 2.05) is 42.5 Å². The van der Waals surface area contributed by atoms with Gasteiger partial charge in [-0.05, 0) is 47.5 Å². The summed E-state index contributed by atoms with van der Waals surface area (Å²) in [5.74, 6) is -0.988. The number of nitrogens with one attached hydrogen (secondary N) is 2. The molecule has 0 saturated carbocycles. The first-order valence-corrected chi connectivity index (χ1v) is 9.58. The van der Waals surface area contributed by atoms with Gasteiger partial charge in [-0.2, -0.15) is 0 Å². The maximum atomic E-state index is 12.0. The molecule has 0 aliphatic rings. The molecule has 0 unspecified atom stereocenters. The van der Waals surface area contributed by atoms with Gasteiger partial charge in [-0.1, -0.05) is 42.5 Å². The van der Waals surface area contributed by atoms with Crippen LogP contribution >= 0.6 is 0 Å². The van der Waals surface area contributed by atoms with Crippen molar-refractivity contribution < 1.29 is 23.9 Å². The summed E-state index contributed by atoms with van der Waals surface area (Å²) in [6, 6.07) is 23.6. The molecule has 2 amide bonds. The van der Waals surface area contributed by atoms with Crippen molar-refractivity contribution >= 4 is 23.5 Å². The number of anilines is 1. The maximum Gasteiger partial charge on any atom is 0.325 e. The molecule has 0 aromatic heterocycles. The molecule has 0 aliphatic carbocycles. The third-order valence-corrected chi connectivity index (χ3v) is 4.39. The van der Waals surface area contributed by atoms with Crippen LogP contribution in [0.2, 0.25) is 0 Å². The number of esters is 1. The SMILES string of the molecule is COc1ccc(C(=O)NCC(=O)OCC(=O)Nc2ccc(-c3ccccc3)cc2)cc1. The van der Waals surface area contributed by atoms with Gasteiger partial charge in [-0.3, -0.25) is 14.4 Å². The largest absolute Gasteiger partial charge is 0.497 e. The fraction of sp³-hybridized carbons (Fsp3) is 0.125.